The number of allylic oxidation sites excluding steroid dienone is 8. The van der Waals surface area contributed by atoms with Gasteiger partial charge in [-0.2, -0.15) is 0 Å². The lowest BCUT2D eigenvalue weighted by Crippen LogP contribution is -2.40. The Kier molecular flexibility index (Phi) is 35.6. The van der Waals surface area contributed by atoms with Crippen molar-refractivity contribution in [3.8, 4) is 0 Å². The predicted octanol–water partition coefficient (Wildman–Crippen LogP) is 11.2. The average Bonchev–Trinajstić information content (AvgIpc) is 3.10. The molecule has 0 aromatic rings. The third-order valence-electron chi connectivity index (χ3n) is 8.91. The summed E-state index contributed by atoms with van der Waals surface area (Å²) in [6.45, 7) is 4.81. The Morgan fingerprint density at radius 2 is 1.10 bits per heavy atom. The Morgan fingerprint density at radius 1 is 0.600 bits per heavy atom. The van der Waals surface area contributed by atoms with E-state index in [1.54, 1.807) is 0 Å². The molecule has 4 N–H and O–H groups in total. The molecule has 0 saturated heterocycles. The van der Waals surface area contributed by atoms with Crippen LogP contribution in [0.1, 0.15) is 187 Å². The van der Waals surface area contributed by atoms with Crippen LogP contribution >= 0.6 is 0 Å². The van der Waals surface area contributed by atoms with Crippen molar-refractivity contribution in [1.82, 2.24) is 5.32 Å². The quantitative estimate of drug-likeness (QED) is 0.0340. The van der Waals surface area contributed by atoms with Crippen LogP contribution in [0.5, 0.6) is 0 Å². The van der Waals surface area contributed by atoms with E-state index in [0.29, 0.717) is 32.2 Å². The zero-order chi connectivity index (χ0) is 36.8. The third-order valence-corrected chi connectivity index (χ3v) is 8.91. The number of hydrogen-bond donors (Lipinski definition) is 3. The van der Waals surface area contributed by atoms with E-state index < -0.39 is 12.0 Å². The van der Waals surface area contributed by atoms with E-state index in [1.165, 1.54) is 44.9 Å². The first kappa shape index (κ1) is 47.3. The second-order valence-corrected chi connectivity index (χ2v) is 13.7. The smallest absolute Gasteiger partial charge is 0.326 e. The fourth-order valence-corrected chi connectivity index (χ4v) is 5.85. The van der Waals surface area contributed by atoms with Gasteiger partial charge < -0.3 is 20.9 Å². The van der Waals surface area contributed by atoms with Gasteiger partial charge in [-0.1, -0.05) is 133 Å². The molecule has 288 valence electrons. The number of nitrogens with one attached hydrogen (secondary N) is 1. The van der Waals surface area contributed by atoms with Crippen LogP contribution in [0.4, 0.5) is 0 Å². The summed E-state index contributed by atoms with van der Waals surface area (Å²) in [5.74, 6) is -1.27. The highest BCUT2D eigenvalue weighted by atomic mass is 16.5. The monoisotopic (exact) mass is 701 g/mol. The molecule has 50 heavy (non-hydrogen) atoms. The van der Waals surface area contributed by atoms with Gasteiger partial charge in [0.1, 0.15) is 12.1 Å². The van der Waals surface area contributed by atoms with Crippen LogP contribution in [0.2, 0.25) is 0 Å². The molecule has 0 aromatic carbocycles. The summed E-state index contributed by atoms with van der Waals surface area (Å²) in [6, 6.07) is -0.861. The largest absolute Gasteiger partial charge is 0.480 e. The fraction of sp³-hybridized carbons (Fsp3) is 0.744. The number of carbonyl (C=O) groups excluding carboxylic acids is 2. The number of hydrogen-bond acceptors (Lipinski definition) is 5. The van der Waals surface area contributed by atoms with Crippen LogP contribution in [0.3, 0.4) is 0 Å². The number of nitrogens with two attached hydrogens (primary N) is 1. The van der Waals surface area contributed by atoms with E-state index in [2.05, 4.69) is 67.8 Å². The minimum atomic E-state index is -1.01. The predicted molar refractivity (Wildman–Crippen MR) is 211 cm³/mol. The van der Waals surface area contributed by atoms with E-state index in [9.17, 15) is 19.5 Å². The van der Waals surface area contributed by atoms with Crippen LogP contribution in [-0.2, 0) is 19.1 Å². The highest BCUT2D eigenvalue weighted by Crippen LogP contribution is 2.18. The first-order valence-electron chi connectivity index (χ1n) is 20.5. The van der Waals surface area contributed by atoms with Gasteiger partial charge in [0.15, 0.2) is 0 Å². The molecular weight excluding hydrogens is 624 g/mol. The Labute approximate surface area is 307 Å². The van der Waals surface area contributed by atoms with E-state index in [0.717, 1.165) is 103 Å². The van der Waals surface area contributed by atoms with Crippen molar-refractivity contribution in [2.45, 2.75) is 199 Å². The summed E-state index contributed by atoms with van der Waals surface area (Å²) in [6.07, 6.45) is 44.4. The molecule has 0 aromatic heterocycles. The van der Waals surface area contributed by atoms with E-state index in [4.69, 9.17) is 10.5 Å². The number of unbranched alkanes of at least 4 members (excludes halogenated alkanes) is 14. The molecule has 0 saturated carbocycles. The van der Waals surface area contributed by atoms with Crippen molar-refractivity contribution in [2.24, 2.45) is 5.73 Å². The topological polar surface area (TPSA) is 119 Å². The summed E-state index contributed by atoms with van der Waals surface area (Å²) in [5, 5.41) is 11.9. The van der Waals surface area contributed by atoms with Crippen LogP contribution in [-0.4, -0.2) is 41.6 Å². The maximum Gasteiger partial charge on any atom is 0.326 e. The van der Waals surface area contributed by atoms with Crippen molar-refractivity contribution in [1.29, 1.82) is 0 Å². The number of carbonyl (C=O) groups is 3. The molecule has 0 heterocycles. The molecule has 0 bridgehead atoms. The highest BCUT2D eigenvalue weighted by Gasteiger charge is 2.19. The van der Waals surface area contributed by atoms with Crippen LogP contribution in [0, 0.1) is 0 Å². The van der Waals surface area contributed by atoms with Gasteiger partial charge in [-0.3, -0.25) is 9.59 Å². The zero-order valence-corrected chi connectivity index (χ0v) is 32.2. The number of carboxylic acids is 1. The lowest BCUT2D eigenvalue weighted by Gasteiger charge is -2.18. The zero-order valence-electron chi connectivity index (χ0n) is 32.2. The first-order valence-corrected chi connectivity index (χ1v) is 20.5. The molecule has 0 rings (SSSR count). The summed E-state index contributed by atoms with van der Waals surface area (Å²) < 4.78 is 6.00. The van der Waals surface area contributed by atoms with Crippen molar-refractivity contribution < 1.29 is 24.2 Å². The molecule has 2 atom stereocenters. The lowest BCUT2D eigenvalue weighted by molar-refractivity contribution is -0.150. The van der Waals surface area contributed by atoms with Gasteiger partial charge in [-0.05, 0) is 96.4 Å². The summed E-state index contributed by atoms with van der Waals surface area (Å²) in [4.78, 5) is 36.2. The van der Waals surface area contributed by atoms with Gasteiger partial charge in [0.2, 0.25) is 5.91 Å². The highest BCUT2D eigenvalue weighted by molar-refractivity contribution is 5.83. The van der Waals surface area contributed by atoms with Crippen molar-refractivity contribution in [2.75, 3.05) is 6.54 Å². The molecule has 2 unspecified atom stereocenters. The lowest BCUT2D eigenvalue weighted by atomic mass is 10.0. The SMILES string of the molecule is CC/C=C\C/C=C\C/C=C\C/C=C\CCCCC(CCCCCCCC(=O)NC(CCCN)C(=O)O)OC(=O)CCCCCCCCCCC. The Balaban J connectivity index is 4.43. The molecule has 1 amide bonds. The van der Waals surface area contributed by atoms with Gasteiger partial charge in [0, 0.05) is 12.8 Å². The fourth-order valence-electron chi connectivity index (χ4n) is 5.85. The van der Waals surface area contributed by atoms with Gasteiger partial charge in [-0.15, -0.1) is 0 Å². The molecule has 0 aliphatic heterocycles. The molecule has 0 aliphatic carbocycles. The van der Waals surface area contributed by atoms with Crippen molar-refractivity contribution >= 4 is 17.8 Å². The summed E-state index contributed by atoms with van der Waals surface area (Å²) in [7, 11) is 0. The molecule has 0 fully saturated rings. The van der Waals surface area contributed by atoms with Gasteiger partial charge in [0.05, 0.1) is 0 Å². The second-order valence-electron chi connectivity index (χ2n) is 13.7. The van der Waals surface area contributed by atoms with Crippen LogP contribution in [0.15, 0.2) is 48.6 Å². The van der Waals surface area contributed by atoms with Crippen molar-refractivity contribution in [3.63, 3.8) is 0 Å². The first-order chi connectivity index (χ1) is 24.4. The molecule has 0 spiro atoms. The second kappa shape index (κ2) is 37.6. The average molecular weight is 701 g/mol. The standard InChI is InChI=1S/C43H76N2O5/c1-3-5-7-9-11-13-14-15-16-17-18-20-21-24-28-33-39(50-42(47)37-31-27-22-19-12-10-8-6-4-2)34-29-25-23-26-30-36-41(46)45-40(43(48)49)35-32-38-44/h5,7,11,13,15-16,18,20,39-40H,3-4,6,8-10,12,14,17,19,21-38,44H2,1-2H3,(H,45,46)(H,48,49)/b7-5-,13-11-,16-15-,20-18-. The number of rotatable bonds is 36. The minimum absolute atomic E-state index is 0.0225. The van der Waals surface area contributed by atoms with Crippen LogP contribution in [0.25, 0.3) is 0 Å². The van der Waals surface area contributed by atoms with E-state index in [1.807, 2.05) is 0 Å². The molecule has 0 radical (unpaired) electrons. The van der Waals surface area contributed by atoms with E-state index >= 15 is 0 Å². The molecule has 7 nitrogen and oxygen atoms in total. The number of aliphatic carboxylic acids is 1. The number of carboxylic acid groups (broad SMARTS) is 1. The Morgan fingerprint density at radius 3 is 1.66 bits per heavy atom. The minimum Gasteiger partial charge on any atom is -0.480 e. The third kappa shape index (κ3) is 33.8. The number of ether oxygens (including phenoxy) is 1. The maximum atomic E-state index is 12.7. The summed E-state index contributed by atoms with van der Waals surface area (Å²) >= 11 is 0. The maximum absolute atomic E-state index is 12.7. The van der Waals surface area contributed by atoms with Gasteiger partial charge in [-0.25, -0.2) is 4.79 Å². The van der Waals surface area contributed by atoms with Gasteiger partial charge >= 0.3 is 11.9 Å². The van der Waals surface area contributed by atoms with Crippen molar-refractivity contribution in [3.05, 3.63) is 48.6 Å². The molecule has 0 aliphatic rings. The number of esters is 1. The van der Waals surface area contributed by atoms with Gasteiger partial charge in [0.25, 0.3) is 0 Å². The van der Waals surface area contributed by atoms with Crippen LogP contribution < -0.4 is 11.1 Å². The van der Waals surface area contributed by atoms with E-state index in [-0.39, 0.29) is 18.0 Å². The Hall–Kier alpha value is -2.67. The Bertz CT molecular complexity index is 926. The molecular formula is C43H76N2O5. The number of amides is 1. The normalized spacial score (nSPS) is 13.2. The summed E-state index contributed by atoms with van der Waals surface area (Å²) in [5.41, 5.74) is 5.48. The molecule has 7 heteroatoms.